The van der Waals surface area contributed by atoms with Crippen molar-refractivity contribution in [3.63, 3.8) is 0 Å². The van der Waals surface area contributed by atoms with E-state index in [1.165, 1.54) is 0 Å². The van der Waals surface area contributed by atoms with Crippen LogP contribution in [0.4, 0.5) is 0 Å². The molecule has 0 rings (SSSR count). The van der Waals surface area contributed by atoms with Gasteiger partial charge in [-0.15, -0.1) is 0 Å². The Balaban J connectivity index is 4.34. The second-order valence-corrected chi connectivity index (χ2v) is 5.90. The van der Waals surface area contributed by atoms with Crippen LogP contribution in [0.2, 0.25) is 0 Å². The molecule has 0 amide bonds. The van der Waals surface area contributed by atoms with Crippen LogP contribution in [-0.2, 0) is 61.8 Å². The molecule has 0 heterocycles. The molecule has 0 atom stereocenters. The smallest absolute Gasteiger partial charge is 0.293 e. The monoisotopic (exact) mass is 440 g/mol. The fraction of sp³-hybridized carbons (Fsp3) is 0.400. The van der Waals surface area contributed by atoms with Crippen LogP contribution in [-0.4, -0.2) is 57.5 Å². The first-order chi connectivity index (χ1) is 13.9. The van der Waals surface area contributed by atoms with Gasteiger partial charge in [-0.1, -0.05) is 19.7 Å². The first-order valence-electron chi connectivity index (χ1n) is 7.78. The minimum atomic E-state index is -4.15. The summed E-state index contributed by atoms with van der Waals surface area (Å²) in [5.41, 5.74) is 0. The average molecular weight is 440 g/mol. The number of rotatable bonds is 18. The molecular formula is C15H21O13P. The number of phosphoric acid groups is 1. The van der Waals surface area contributed by atoms with Crippen molar-refractivity contribution < 1.29 is 61.8 Å². The highest BCUT2D eigenvalue weighted by Gasteiger charge is 2.27. The molecule has 0 bridgehead atoms. The topological polar surface area (TPSA) is 151 Å². The standard InChI is InChI=1S/C15H21O13P/c1-4-13(16)26-20-7-10-23-29(19,24-11-8-21-27-14(17)5-2)25-12-9-22-28-15(18)6-3/h4-6H,1-3,7-12H2. The summed E-state index contributed by atoms with van der Waals surface area (Å²) in [6.45, 7) is 7.48. The van der Waals surface area contributed by atoms with E-state index in [1.54, 1.807) is 0 Å². The van der Waals surface area contributed by atoms with E-state index in [-0.39, 0.29) is 39.6 Å². The summed E-state index contributed by atoms with van der Waals surface area (Å²) in [5, 5.41) is 0. The Kier molecular flexibility index (Phi) is 15.2. The van der Waals surface area contributed by atoms with Crippen LogP contribution in [0.25, 0.3) is 0 Å². The van der Waals surface area contributed by atoms with Crippen molar-refractivity contribution in [2.45, 2.75) is 0 Å². The van der Waals surface area contributed by atoms with Gasteiger partial charge in [0.1, 0.15) is 19.8 Å². The lowest BCUT2D eigenvalue weighted by Crippen LogP contribution is -2.13. The molecule has 0 fully saturated rings. The van der Waals surface area contributed by atoms with Crippen LogP contribution in [0.1, 0.15) is 0 Å². The Morgan fingerprint density at radius 1 is 0.586 bits per heavy atom. The Labute approximate surface area is 166 Å². The highest BCUT2D eigenvalue weighted by atomic mass is 31.2. The molecule has 0 saturated carbocycles. The molecule has 14 heteroatoms. The first-order valence-corrected chi connectivity index (χ1v) is 9.24. The Morgan fingerprint density at radius 3 is 1.10 bits per heavy atom. The average Bonchev–Trinajstić information content (AvgIpc) is 2.72. The van der Waals surface area contributed by atoms with Crippen molar-refractivity contribution in [1.82, 2.24) is 0 Å². The van der Waals surface area contributed by atoms with Crippen molar-refractivity contribution in [3.05, 3.63) is 38.0 Å². The lowest BCUT2D eigenvalue weighted by Gasteiger charge is -2.17. The van der Waals surface area contributed by atoms with Crippen molar-refractivity contribution in [2.24, 2.45) is 0 Å². The van der Waals surface area contributed by atoms with Gasteiger partial charge in [-0.3, -0.25) is 28.2 Å². The van der Waals surface area contributed by atoms with Gasteiger partial charge in [-0.05, 0) is 0 Å². The quantitative estimate of drug-likeness (QED) is 0.0985. The van der Waals surface area contributed by atoms with Gasteiger partial charge >= 0.3 is 25.7 Å². The Morgan fingerprint density at radius 2 is 0.862 bits per heavy atom. The van der Waals surface area contributed by atoms with E-state index < -0.39 is 25.7 Å². The normalized spacial score (nSPS) is 10.6. The van der Waals surface area contributed by atoms with E-state index in [4.69, 9.17) is 13.6 Å². The molecule has 0 aliphatic heterocycles. The number of carbonyl (C=O) groups excluding carboxylic acids is 3. The Bertz CT molecular complexity index is 522. The zero-order valence-electron chi connectivity index (χ0n) is 15.4. The molecule has 0 aromatic heterocycles. The van der Waals surface area contributed by atoms with E-state index in [2.05, 4.69) is 49.1 Å². The molecule has 0 aliphatic rings. The van der Waals surface area contributed by atoms with E-state index in [0.29, 0.717) is 0 Å². The van der Waals surface area contributed by atoms with E-state index in [0.717, 1.165) is 18.2 Å². The van der Waals surface area contributed by atoms with Crippen molar-refractivity contribution in [1.29, 1.82) is 0 Å². The van der Waals surface area contributed by atoms with Gasteiger partial charge in [0, 0.05) is 18.2 Å². The molecule has 0 spiro atoms. The maximum absolute atomic E-state index is 12.5. The highest BCUT2D eigenvalue weighted by molar-refractivity contribution is 7.48. The van der Waals surface area contributed by atoms with Crippen LogP contribution in [0.3, 0.4) is 0 Å². The largest absolute Gasteiger partial charge is 0.475 e. The second-order valence-electron chi connectivity index (χ2n) is 4.23. The fourth-order valence-electron chi connectivity index (χ4n) is 1.06. The molecule has 0 aromatic carbocycles. The molecule has 164 valence electrons. The molecular weight excluding hydrogens is 419 g/mol. The van der Waals surface area contributed by atoms with E-state index in [1.807, 2.05) is 0 Å². The van der Waals surface area contributed by atoms with Gasteiger partial charge in [0.05, 0.1) is 19.8 Å². The number of carbonyl (C=O) groups is 3. The molecule has 0 aromatic rings. The predicted octanol–water partition coefficient (Wildman–Crippen LogP) is 1.13. The summed E-state index contributed by atoms with van der Waals surface area (Å²) in [4.78, 5) is 58.5. The summed E-state index contributed by atoms with van der Waals surface area (Å²) < 4.78 is 27.3. The van der Waals surface area contributed by atoms with Gasteiger partial charge in [0.25, 0.3) is 0 Å². The lowest BCUT2D eigenvalue weighted by molar-refractivity contribution is -0.272. The van der Waals surface area contributed by atoms with Crippen LogP contribution in [0.5, 0.6) is 0 Å². The van der Waals surface area contributed by atoms with Crippen molar-refractivity contribution >= 4 is 25.7 Å². The van der Waals surface area contributed by atoms with E-state index in [9.17, 15) is 18.9 Å². The summed E-state index contributed by atoms with van der Waals surface area (Å²) in [7, 11) is -4.15. The molecule has 0 unspecified atom stereocenters. The maximum Gasteiger partial charge on any atom is 0.475 e. The second kappa shape index (κ2) is 16.6. The van der Waals surface area contributed by atoms with Gasteiger partial charge in [0.2, 0.25) is 0 Å². The van der Waals surface area contributed by atoms with Gasteiger partial charge in [-0.25, -0.2) is 18.9 Å². The highest BCUT2D eigenvalue weighted by Crippen LogP contribution is 2.49. The van der Waals surface area contributed by atoms with Crippen LogP contribution in [0, 0.1) is 0 Å². The SMILES string of the molecule is C=CC(=O)OOCCOP(=O)(OCCOOC(=O)C=C)OCCOOC(=O)C=C. The first kappa shape index (κ1) is 26.6. The number of phosphoric ester groups is 1. The van der Waals surface area contributed by atoms with Crippen LogP contribution < -0.4 is 0 Å². The molecule has 29 heavy (non-hydrogen) atoms. The molecule has 0 radical (unpaired) electrons. The van der Waals surface area contributed by atoms with Crippen LogP contribution >= 0.6 is 7.82 Å². The van der Waals surface area contributed by atoms with Crippen molar-refractivity contribution in [2.75, 3.05) is 39.6 Å². The number of hydrogen-bond acceptors (Lipinski definition) is 13. The molecule has 0 saturated heterocycles. The Hall–Kier alpha value is -2.38. The summed E-state index contributed by atoms with van der Waals surface area (Å²) in [6.07, 6.45) is 2.61. The summed E-state index contributed by atoms with van der Waals surface area (Å²) >= 11 is 0. The molecule has 0 aliphatic carbocycles. The zero-order chi connectivity index (χ0) is 22.0. The fourth-order valence-corrected chi connectivity index (χ4v) is 2.18. The van der Waals surface area contributed by atoms with Crippen molar-refractivity contribution in [3.8, 4) is 0 Å². The third-order valence-electron chi connectivity index (χ3n) is 2.17. The van der Waals surface area contributed by atoms with E-state index >= 15 is 0 Å². The van der Waals surface area contributed by atoms with Crippen LogP contribution in [0.15, 0.2) is 38.0 Å². The predicted molar refractivity (Wildman–Crippen MR) is 92.2 cm³/mol. The van der Waals surface area contributed by atoms with Gasteiger partial charge in [-0.2, -0.15) is 14.7 Å². The zero-order valence-corrected chi connectivity index (χ0v) is 16.2. The minimum absolute atomic E-state index is 0.308. The summed E-state index contributed by atoms with van der Waals surface area (Å²) in [6, 6.07) is 0. The molecule has 13 nitrogen and oxygen atoms in total. The maximum atomic E-state index is 12.5. The van der Waals surface area contributed by atoms with Gasteiger partial charge in [0.15, 0.2) is 0 Å². The van der Waals surface area contributed by atoms with Gasteiger partial charge < -0.3 is 0 Å². The molecule has 0 N–H and O–H groups in total. The minimum Gasteiger partial charge on any atom is -0.293 e. The third kappa shape index (κ3) is 15.2. The summed E-state index contributed by atoms with van der Waals surface area (Å²) in [5.74, 6) is -2.51. The lowest BCUT2D eigenvalue weighted by atomic mass is 10.7. The number of hydrogen-bond donors (Lipinski definition) is 0. The third-order valence-corrected chi connectivity index (χ3v) is 3.67.